The zero-order valence-electron chi connectivity index (χ0n) is 19.4. The fraction of sp³-hybridized carbons (Fsp3) is 0.179. The molecule has 2 heterocycles. The van der Waals surface area contributed by atoms with Crippen LogP contribution in [-0.4, -0.2) is 22.5 Å². The highest BCUT2D eigenvalue weighted by Gasteiger charge is 2.26. The summed E-state index contributed by atoms with van der Waals surface area (Å²) in [6.45, 7) is 6.93. The maximum atomic E-state index is 14.3. The molecule has 5 rings (SSSR count). The molecule has 0 aliphatic carbocycles. The van der Waals surface area contributed by atoms with Gasteiger partial charge in [0.1, 0.15) is 5.75 Å². The number of hydrogen-bond acceptors (Lipinski definition) is 5. The Morgan fingerprint density at radius 1 is 1.03 bits per heavy atom. The number of ether oxygens (including phenoxy) is 1. The lowest BCUT2D eigenvalue weighted by Gasteiger charge is -2.22. The summed E-state index contributed by atoms with van der Waals surface area (Å²) in [7, 11) is 0. The van der Waals surface area contributed by atoms with Crippen molar-refractivity contribution in [1.29, 1.82) is 0 Å². The lowest BCUT2D eigenvalue weighted by molar-refractivity contribution is 0.0983. The van der Waals surface area contributed by atoms with Gasteiger partial charge < -0.3 is 4.74 Å². The summed E-state index contributed by atoms with van der Waals surface area (Å²) >= 11 is 1.53. The standard InChI is InChI=1S/C28H25N3O2S/c1-4-33-24-12-11-21-9-5-6-10-22(21)26(24)27(32)31(17-20-8-7-13-29-16-20)28-30-23-14-18(2)19(3)15-25(23)34-28/h5-16H,4,17H2,1-3H3. The van der Waals surface area contributed by atoms with E-state index in [1.165, 1.54) is 22.5 Å². The van der Waals surface area contributed by atoms with Gasteiger partial charge in [-0.1, -0.05) is 47.7 Å². The molecule has 0 saturated carbocycles. The summed E-state index contributed by atoms with van der Waals surface area (Å²) in [5, 5.41) is 2.51. The van der Waals surface area contributed by atoms with Gasteiger partial charge in [-0.05, 0) is 72.5 Å². The Morgan fingerprint density at radius 2 is 1.85 bits per heavy atom. The summed E-state index contributed by atoms with van der Waals surface area (Å²) in [6.07, 6.45) is 3.52. The molecule has 0 bridgehead atoms. The van der Waals surface area contributed by atoms with Crippen LogP contribution in [0.5, 0.6) is 5.75 Å². The van der Waals surface area contributed by atoms with Crippen molar-refractivity contribution in [2.45, 2.75) is 27.3 Å². The second-order valence-electron chi connectivity index (χ2n) is 8.25. The number of fused-ring (bicyclic) bond motifs is 2. The van der Waals surface area contributed by atoms with Gasteiger partial charge in [-0.3, -0.25) is 14.7 Å². The third-order valence-corrected chi connectivity index (χ3v) is 6.98. The largest absolute Gasteiger partial charge is 0.493 e. The number of hydrogen-bond donors (Lipinski definition) is 0. The smallest absolute Gasteiger partial charge is 0.264 e. The number of amides is 1. The molecule has 0 unspecified atom stereocenters. The average molecular weight is 468 g/mol. The quantitative estimate of drug-likeness (QED) is 0.279. The van der Waals surface area contributed by atoms with Crippen LogP contribution < -0.4 is 9.64 Å². The first-order chi connectivity index (χ1) is 16.5. The molecule has 6 heteroatoms. The minimum Gasteiger partial charge on any atom is -0.493 e. The van der Waals surface area contributed by atoms with Crippen LogP contribution >= 0.6 is 11.3 Å². The molecule has 1 amide bonds. The van der Waals surface area contributed by atoms with Gasteiger partial charge in [0.05, 0.1) is 28.9 Å². The van der Waals surface area contributed by atoms with Crippen LogP contribution in [0.1, 0.15) is 34.0 Å². The normalized spacial score (nSPS) is 11.1. The van der Waals surface area contributed by atoms with E-state index < -0.39 is 0 Å². The van der Waals surface area contributed by atoms with Crippen LogP contribution in [0.2, 0.25) is 0 Å². The number of nitrogens with zero attached hydrogens (tertiary/aromatic N) is 3. The highest BCUT2D eigenvalue weighted by atomic mass is 32.1. The van der Waals surface area contributed by atoms with Crippen molar-refractivity contribution in [3.8, 4) is 5.75 Å². The monoisotopic (exact) mass is 467 g/mol. The molecule has 0 aliphatic heterocycles. The van der Waals surface area contributed by atoms with E-state index in [9.17, 15) is 4.79 Å². The zero-order valence-corrected chi connectivity index (χ0v) is 20.2. The van der Waals surface area contributed by atoms with E-state index in [1.807, 2.05) is 55.5 Å². The SMILES string of the molecule is CCOc1ccc2ccccc2c1C(=O)N(Cc1cccnc1)c1nc2cc(C)c(C)cc2s1. The summed E-state index contributed by atoms with van der Waals surface area (Å²) in [4.78, 5) is 25.1. The predicted octanol–water partition coefficient (Wildman–Crippen LogP) is 6.71. The summed E-state index contributed by atoms with van der Waals surface area (Å²) in [5.41, 5.74) is 4.77. The lowest BCUT2D eigenvalue weighted by atomic mass is 10.0. The maximum Gasteiger partial charge on any atom is 0.264 e. The molecule has 0 atom stereocenters. The second-order valence-corrected chi connectivity index (χ2v) is 9.26. The van der Waals surface area contributed by atoms with E-state index in [1.54, 1.807) is 17.3 Å². The highest BCUT2D eigenvalue weighted by molar-refractivity contribution is 7.22. The summed E-state index contributed by atoms with van der Waals surface area (Å²) in [5.74, 6) is 0.437. The van der Waals surface area contributed by atoms with Crippen molar-refractivity contribution in [2.24, 2.45) is 0 Å². The average Bonchev–Trinajstić information content (AvgIpc) is 3.25. The molecule has 0 spiro atoms. The van der Waals surface area contributed by atoms with Crippen molar-refractivity contribution in [2.75, 3.05) is 11.5 Å². The molecule has 5 nitrogen and oxygen atoms in total. The fourth-order valence-electron chi connectivity index (χ4n) is 4.07. The molecular weight excluding hydrogens is 442 g/mol. The molecule has 2 aromatic heterocycles. The molecule has 5 aromatic rings. The van der Waals surface area contributed by atoms with Crippen LogP contribution in [0.15, 0.2) is 73.1 Å². The molecule has 0 radical (unpaired) electrons. The Bertz CT molecular complexity index is 1460. The first-order valence-electron chi connectivity index (χ1n) is 11.3. The maximum absolute atomic E-state index is 14.3. The number of anilines is 1. The highest BCUT2D eigenvalue weighted by Crippen LogP contribution is 2.35. The fourth-order valence-corrected chi connectivity index (χ4v) is 5.11. The van der Waals surface area contributed by atoms with Crippen molar-refractivity contribution >= 4 is 43.4 Å². The van der Waals surface area contributed by atoms with Gasteiger partial charge in [-0.15, -0.1) is 0 Å². The van der Waals surface area contributed by atoms with Crippen LogP contribution in [-0.2, 0) is 6.54 Å². The minimum atomic E-state index is -0.142. The Labute approximate surface area is 202 Å². The number of carbonyl (C=O) groups excluding carboxylic acids is 1. The molecule has 0 fully saturated rings. The van der Waals surface area contributed by atoms with Crippen LogP contribution in [0, 0.1) is 13.8 Å². The summed E-state index contributed by atoms with van der Waals surface area (Å²) < 4.78 is 6.98. The van der Waals surface area contributed by atoms with Gasteiger partial charge in [0, 0.05) is 12.4 Å². The number of carbonyl (C=O) groups is 1. The van der Waals surface area contributed by atoms with Gasteiger partial charge in [0.2, 0.25) is 0 Å². The van der Waals surface area contributed by atoms with Gasteiger partial charge in [0.15, 0.2) is 5.13 Å². The number of aryl methyl sites for hydroxylation is 2. The first kappa shape index (κ1) is 22.0. The predicted molar refractivity (Wildman–Crippen MR) is 139 cm³/mol. The molecule has 34 heavy (non-hydrogen) atoms. The van der Waals surface area contributed by atoms with Gasteiger partial charge in [-0.25, -0.2) is 4.98 Å². The minimum absolute atomic E-state index is 0.142. The van der Waals surface area contributed by atoms with Crippen molar-refractivity contribution in [1.82, 2.24) is 9.97 Å². The third-order valence-electron chi connectivity index (χ3n) is 5.94. The van der Waals surface area contributed by atoms with E-state index in [-0.39, 0.29) is 5.91 Å². The van der Waals surface area contributed by atoms with Gasteiger partial charge in [-0.2, -0.15) is 0 Å². The summed E-state index contributed by atoms with van der Waals surface area (Å²) in [6, 6.07) is 19.9. The number of benzene rings is 3. The van der Waals surface area contributed by atoms with Crippen LogP contribution in [0.3, 0.4) is 0 Å². The Morgan fingerprint density at radius 3 is 2.65 bits per heavy atom. The molecular formula is C28H25N3O2S. The molecule has 0 saturated heterocycles. The Kier molecular flexibility index (Phi) is 5.99. The van der Waals surface area contributed by atoms with E-state index in [2.05, 4.69) is 31.0 Å². The Hall–Kier alpha value is -3.77. The van der Waals surface area contributed by atoms with Crippen molar-refractivity contribution < 1.29 is 9.53 Å². The zero-order chi connectivity index (χ0) is 23.7. The Balaban J connectivity index is 1.68. The van der Waals surface area contributed by atoms with Crippen LogP contribution in [0.4, 0.5) is 5.13 Å². The number of thiazole rings is 1. The van der Waals surface area contributed by atoms with E-state index in [4.69, 9.17) is 9.72 Å². The molecule has 3 aromatic carbocycles. The van der Waals surface area contributed by atoms with Gasteiger partial charge in [0.25, 0.3) is 5.91 Å². The molecule has 0 aliphatic rings. The van der Waals surface area contributed by atoms with E-state index in [0.29, 0.717) is 29.6 Å². The topological polar surface area (TPSA) is 55.3 Å². The number of rotatable bonds is 6. The van der Waals surface area contributed by atoms with Crippen molar-refractivity contribution in [3.63, 3.8) is 0 Å². The lowest BCUT2D eigenvalue weighted by Crippen LogP contribution is -2.31. The van der Waals surface area contributed by atoms with E-state index in [0.717, 1.165) is 26.6 Å². The van der Waals surface area contributed by atoms with Gasteiger partial charge >= 0.3 is 0 Å². The number of pyridine rings is 1. The van der Waals surface area contributed by atoms with E-state index >= 15 is 0 Å². The van der Waals surface area contributed by atoms with Crippen LogP contribution in [0.25, 0.3) is 21.0 Å². The second kappa shape index (κ2) is 9.23. The number of aromatic nitrogens is 2. The molecule has 0 N–H and O–H groups in total. The first-order valence-corrected chi connectivity index (χ1v) is 12.1. The third kappa shape index (κ3) is 4.13. The molecule has 170 valence electrons. The van der Waals surface area contributed by atoms with Crippen molar-refractivity contribution in [3.05, 3.63) is 95.3 Å².